The van der Waals surface area contributed by atoms with Gasteiger partial charge in [-0.25, -0.2) is 4.98 Å². The van der Waals surface area contributed by atoms with E-state index >= 15 is 0 Å². The number of nitrogens with one attached hydrogen (secondary N) is 1. The molecule has 0 radical (unpaired) electrons. The molecule has 1 amide bonds. The van der Waals surface area contributed by atoms with Crippen LogP contribution >= 0.6 is 23.4 Å². The Balaban J connectivity index is 1.61. The minimum absolute atomic E-state index is 0.0752. The van der Waals surface area contributed by atoms with Crippen LogP contribution in [-0.2, 0) is 4.79 Å². The monoisotopic (exact) mass is 433 g/mol. The molecule has 30 heavy (non-hydrogen) atoms. The Morgan fingerprint density at radius 3 is 2.40 bits per heavy atom. The van der Waals surface area contributed by atoms with Gasteiger partial charge in [-0.15, -0.1) is 0 Å². The highest BCUT2D eigenvalue weighted by atomic mass is 35.5. The SMILES string of the molecule is Cc1ccc(-c2cnc(SCC(=O)Nc3ccccc3)n2-c2ccc(Cl)cc2)cc1. The van der Waals surface area contributed by atoms with Gasteiger partial charge in [-0.3, -0.25) is 9.36 Å². The second-order valence-corrected chi connectivity index (χ2v) is 8.19. The summed E-state index contributed by atoms with van der Waals surface area (Å²) >= 11 is 7.48. The average molecular weight is 434 g/mol. The Morgan fingerprint density at radius 2 is 1.70 bits per heavy atom. The lowest BCUT2D eigenvalue weighted by Crippen LogP contribution is -2.14. The van der Waals surface area contributed by atoms with Crippen LogP contribution in [0.3, 0.4) is 0 Å². The van der Waals surface area contributed by atoms with E-state index in [-0.39, 0.29) is 11.7 Å². The molecule has 0 aliphatic heterocycles. The number of benzene rings is 3. The van der Waals surface area contributed by atoms with Crippen molar-refractivity contribution in [2.45, 2.75) is 12.1 Å². The van der Waals surface area contributed by atoms with Crippen LogP contribution in [0.4, 0.5) is 5.69 Å². The van der Waals surface area contributed by atoms with E-state index in [0.29, 0.717) is 5.02 Å². The zero-order valence-corrected chi connectivity index (χ0v) is 18.0. The van der Waals surface area contributed by atoms with Crippen molar-refractivity contribution in [3.63, 3.8) is 0 Å². The van der Waals surface area contributed by atoms with Crippen molar-refractivity contribution < 1.29 is 4.79 Å². The molecule has 0 unspecified atom stereocenters. The molecule has 1 heterocycles. The smallest absolute Gasteiger partial charge is 0.234 e. The standard InChI is InChI=1S/C24H20ClN3OS/c1-17-7-9-18(10-8-17)22-15-26-24(28(22)21-13-11-19(25)12-14-21)30-16-23(29)27-20-5-3-2-4-6-20/h2-15H,16H2,1H3,(H,27,29). The van der Waals surface area contributed by atoms with Gasteiger partial charge in [0.15, 0.2) is 5.16 Å². The van der Waals surface area contributed by atoms with Gasteiger partial charge >= 0.3 is 0 Å². The summed E-state index contributed by atoms with van der Waals surface area (Å²) in [7, 11) is 0. The second-order valence-electron chi connectivity index (χ2n) is 6.81. The summed E-state index contributed by atoms with van der Waals surface area (Å²) in [6.07, 6.45) is 1.84. The van der Waals surface area contributed by atoms with Crippen LogP contribution in [0.5, 0.6) is 0 Å². The average Bonchev–Trinajstić information content (AvgIpc) is 3.18. The Bertz CT molecular complexity index is 1140. The van der Waals surface area contributed by atoms with Crippen LogP contribution < -0.4 is 5.32 Å². The lowest BCUT2D eigenvalue weighted by atomic mass is 10.1. The van der Waals surface area contributed by atoms with Crippen molar-refractivity contribution in [2.24, 2.45) is 0 Å². The molecule has 3 aromatic carbocycles. The molecule has 4 nitrogen and oxygen atoms in total. The Morgan fingerprint density at radius 1 is 1.00 bits per heavy atom. The molecule has 0 aliphatic rings. The quantitative estimate of drug-likeness (QED) is 0.366. The second kappa shape index (κ2) is 9.20. The number of thioether (sulfide) groups is 1. The molecular formula is C24H20ClN3OS. The maximum atomic E-state index is 12.4. The fourth-order valence-corrected chi connectivity index (χ4v) is 3.97. The fourth-order valence-electron chi connectivity index (χ4n) is 3.05. The number of amides is 1. The number of anilines is 1. The van der Waals surface area contributed by atoms with Gasteiger partial charge in [-0.05, 0) is 43.3 Å². The van der Waals surface area contributed by atoms with Crippen LogP contribution in [0.15, 0.2) is 90.2 Å². The van der Waals surface area contributed by atoms with Gasteiger partial charge in [0, 0.05) is 22.0 Å². The first-order valence-electron chi connectivity index (χ1n) is 9.48. The van der Waals surface area contributed by atoms with E-state index in [4.69, 9.17) is 11.6 Å². The number of carbonyl (C=O) groups is 1. The number of rotatable bonds is 6. The Kier molecular flexibility index (Phi) is 6.21. The fraction of sp³-hybridized carbons (Fsp3) is 0.0833. The van der Waals surface area contributed by atoms with Gasteiger partial charge in [-0.1, -0.05) is 71.4 Å². The van der Waals surface area contributed by atoms with Gasteiger partial charge in [0.2, 0.25) is 5.91 Å². The molecule has 4 aromatic rings. The van der Waals surface area contributed by atoms with Gasteiger partial charge in [0.1, 0.15) is 0 Å². The molecule has 0 saturated carbocycles. The number of imidazole rings is 1. The zero-order valence-electron chi connectivity index (χ0n) is 16.4. The van der Waals surface area contributed by atoms with E-state index in [1.54, 1.807) is 0 Å². The minimum atomic E-state index is -0.0752. The lowest BCUT2D eigenvalue weighted by Gasteiger charge is -2.12. The van der Waals surface area contributed by atoms with E-state index in [2.05, 4.69) is 46.1 Å². The summed E-state index contributed by atoms with van der Waals surface area (Å²) in [5, 5.41) is 4.33. The van der Waals surface area contributed by atoms with Crippen molar-refractivity contribution in [3.8, 4) is 16.9 Å². The number of hydrogen-bond donors (Lipinski definition) is 1. The van der Waals surface area contributed by atoms with Crippen LogP contribution in [0, 0.1) is 6.92 Å². The minimum Gasteiger partial charge on any atom is -0.325 e. The summed E-state index contributed by atoms with van der Waals surface area (Å²) in [5.74, 6) is 0.182. The molecule has 0 fully saturated rings. The summed E-state index contributed by atoms with van der Waals surface area (Å²) < 4.78 is 2.06. The number of hydrogen-bond acceptors (Lipinski definition) is 3. The first-order valence-corrected chi connectivity index (χ1v) is 10.8. The first-order chi connectivity index (χ1) is 14.6. The highest BCUT2D eigenvalue weighted by molar-refractivity contribution is 7.99. The van der Waals surface area contributed by atoms with Crippen molar-refractivity contribution >= 4 is 35.0 Å². The number of aromatic nitrogens is 2. The summed E-state index contributed by atoms with van der Waals surface area (Å²) in [6, 6.07) is 25.4. The van der Waals surface area contributed by atoms with Crippen LogP contribution in [0.25, 0.3) is 16.9 Å². The highest BCUT2D eigenvalue weighted by Crippen LogP contribution is 2.30. The first kappa shape index (κ1) is 20.3. The number of aryl methyl sites for hydroxylation is 1. The topological polar surface area (TPSA) is 46.9 Å². The summed E-state index contributed by atoms with van der Waals surface area (Å²) in [6.45, 7) is 2.06. The largest absolute Gasteiger partial charge is 0.325 e. The van der Waals surface area contributed by atoms with Crippen molar-refractivity contribution in [3.05, 3.63) is 95.6 Å². The molecule has 150 valence electrons. The van der Waals surface area contributed by atoms with E-state index in [1.807, 2.05) is 60.8 Å². The third-order valence-corrected chi connectivity index (χ3v) is 5.76. The molecule has 0 spiro atoms. The molecule has 4 rings (SSSR count). The van der Waals surface area contributed by atoms with E-state index in [9.17, 15) is 4.79 Å². The van der Waals surface area contributed by atoms with Crippen molar-refractivity contribution in [2.75, 3.05) is 11.1 Å². The molecule has 0 bridgehead atoms. The van der Waals surface area contributed by atoms with Crippen molar-refractivity contribution in [1.82, 2.24) is 9.55 Å². The van der Waals surface area contributed by atoms with Crippen LogP contribution in [0.1, 0.15) is 5.56 Å². The number of carbonyl (C=O) groups excluding carboxylic acids is 1. The van der Waals surface area contributed by atoms with E-state index in [0.717, 1.165) is 27.8 Å². The van der Waals surface area contributed by atoms with Gasteiger partial charge in [-0.2, -0.15) is 0 Å². The normalized spacial score (nSPS) is 10.7. The van der Waals surface area contributed by atoms with E-state index < -0.39 is 0 Å². The summed E-state index contributed by atoms with van der Waals surface area (Å²) in [4.78, 5) is 17.0. The summed E-state index contributed by atoms with van der Waals surface area (Å²) in [5.41, 5.74) is 4.94. The third-order valence-electron chi connectivity index (χ3n) is 4.55. The van der Waals surface area contributed by atoms with Gasteiger partial charge < -0.3 is 5.32 Å². The van der Waals surface area contributed by atoms with Gasteiger partial charge in [0.05, 0.1) is 17.6 Å². The molecular weight excluding hydrogens is 414 g/mol. The van der Waals surface area contributed by atoms with Crippen LogP contribution in [0.2, 0.25) is 5.02 Å². The molecule has 0 saturated heterocycles. The predicted octanol–water partition coefficient (Wildman–Crippen LogP) is 6.23. The molecule has 0 atom stereocenters. The lowest BCUT2D eigenvalue weighted by molar-refractivity contribution is -0.113. The maximum absolute atomic E-state index is 12.4. The molecule has 1 aromatic heterocycles. The number of halogens is 1. The highest BCUT2D eigenvalue weighted by Gasteiger charge is 2.15. The molecule has 1 N–H and O–H groups in total. The van der Waals surface area contributed by atoms with Crippen molar-refractivity contribution in [1.29, 1.82) is 0 Å². The van der Waals surface area contributed by atoms with Crippen LogP contribution in [-0.4, -0.2) is 21.2 Å². The number of nitrogens with zero attached hydrogens (tertiary/aromatic N) is 2. The maximum Gasteiger partial charge on any atom is 0.234 e. The Labute approximate surface area is 184 Å². The Hall–Kier alpha value is -3.02. The zero-order chi connectivity index (χ0) is 20.9. The predicted molar refractivity (Wildman–Crippen MR) is 125 cm³/mol. The molecule has 0 aliphatic carbocycles. The number of para-hydroxylation sites is 1. The van der Waals surface area contributed by atoms with E-state index in [1.165, 1.54) is 17.3 Å². The third kappa shape index (κ3) is 4.75. The molecule has 6 heteroatoms. The van der Waals surface area contributed by atoms with Gasteiger partial charge in [0.25, 0.3) is 0 Å².